The zero-order valence-corrected chi connectivity index (χ0v) is 20.7. The molecule has 0 saturated heterocycles. The van der Waals surface area contributed by atoms with E-state index < -0.39 is 17.2 Å². The maximum atomic E-state index is 12.7. The van der Waals surface area contributed by atoms with Crippen LogP contribution >= 0.6 is 45.9 Å². The van der Waals surface area contributed by atoms with Crippen LogP contribution in [0.4, 0.5) is 0 Å². The minimum absolute atomic E-state index is 0. The average molecular weight is 472 g/mol. The van der Waals surface area contributed by atoms with Crippen molar-refractivity contribution in [2.75, 3.05) is 0 Å². The molecule has 146 valence electrons. The molecule has 0 aromatic carbocycles. The van der Waals surface area contributed by atoms with Crippen LogP contribution in [0.3, 0.4) is 0 Å². The predicted molar refractivity (Wildman–Crippen MR) is 109 cm³/mol. The van der Waals surface area contributed by atoms with Crippen molar-refractivity contribution in [3.8, 4) is 0 Å². The first-order valence-electron chi connectivity index (χ1n) is 7.91. The molecule has 3 aromatic heterocycles. The summed E-state index contributed by atoms with van der Waals surface area (Å²) in [5.74, 6) is -1.09. The molecule has 0 amide bonds. The van der Waals surface area contributed by atoms with Crippen molar-refractivity contribution in [2.45, 2.75) is 26.8 Å². The Labute approximate surface area is 201 Å². The molecule has 7 nitrogen and oxygen atoms in total. The van der Waals surface area contributed by atoms with E-state index in [1.807, 2.05) is 13.8 Å². The summed E-state index contributed by atoms with van der Waals surface area (Å²) in [5, 5.41) is 10.0. The first-order chi connectivity index (χ1) is 12.6. The van der Waals surface area contributed by atoms with Crippen molar-refractivity contribution in [3.05, 3.63) is 45.8 Å². The van der Waals surface area contributed by atoms with E-state index in [0.29, 0.717) is 21.1 Å². The minimum Gasteiger partial charge on any atom is -1.00 e. The van der Waals surface area contributed by atoms with Crippen LogP contribution in [-0.2, 0) is 20.0 Å². The van der Waals surface area contributed by atoms with Crippen LogP contribution in [0.1, 0.15) is 35.4 Å². The van der Waals surface area contributed by atoms with E-state index in [1.165, 1.54) is 11.6 Å². The van der Waals surface area contributed by atoms with Crippen LogP contribution in [-0.4, -0.2) is 25.2 Å². The summed E-state index contributed by atoms with van der Waals surface area (Å²) in [6.07, 6.45) is 0.170. The second kappa shape index (κ2) is 8.99. The molecule has 0 aliphatic heterocycles. The normalized spacial score (nSPS) is 11.2. The van der Waals surface area contributed by atoms with Gasteiger partial charge in [-0.05, 0) is 5.92 Å². The fourth-order valence-electron chi connectivity index (χ4n) is 2.81. The monoisotopic (exact) mass is 471 g/mol. The number of carboxylic acids is 1. The zero-order chi connectivity index (χ0) is 20.0. The Kier molecular flexibility index (Phi) is 7.58. The molecule has 3 aromatic rings. The fraction of sp³-hybridized carbons (Fsp3) is 0.375. The summed E-state index contributed by atoms with van der Waals surface area (Å²) in [5.41, 5.74) is -1.19. The molecule has 12 heteroatoms. The van der Waals surface area contributed by atoms with E-state index in [0.717, 1.165) is 27.2 Å². The number of fused-ring (bicyclic) bond motifs is 1. The summed E-state index contributed by atoms with van der Waals surface area (Å²) in [6.45, 7) is 4.25. The molecule has 0 fully saturated rings. The molecule has 0 unspecified atom stereocenters. The molecule has 0 aliphatic carbocycles. The number of aromatic carboxylic acids is 1. The molecule has 0 atom stereocenters. The Morgan fingerprint density at radius 1 is 1.25 bits per heavy atom. The van der Waals surface area contributed by atoms with Crippen LogP contribution in [0.15, 0.2) is 9.59 Å². The zero-order valence-electron chi connectivity index (χ0n) is 16.6. The van der Waals surface area contributed by atoms with Gasteiger partial charge in [-0.3, -0.25) is 13.9 Å². The Hall–Kier alpha value is -0.680. The number of hydrogen-bond donors (Lipinski definition) is 1. The van der Waals surface area contributed by atoms with Crippen molar-refractivity contribution in [3.63, 3.8) is 0 Å². The first-order valence-corrected chi connectivity index (χ1v) is 10.3. The second-order valence-electron chi connectivity index (χ2n) is 6.39. The van der Waals surface area contributed by atoms with Crippen molar-refractivity contribution in [2.24, 2.45) is 13.0 Å². The molecule has 3 rings (SSSR count). The molecule has 28 heavy (non-hydrogen) atoms. The number of nitrogens with zero attached hydrogens (tertiary/aromatic N) is 3. The van der Waals surface area contributed by atoms with Gasteiger partial charge in [0.15, 0.2) is 4.47 Å². The molecule has 3 heterocycles. The molecule has 0 saturated carbocycles. The number of carbonyl (C=O) groups is 1. The van der Waals surface area contributed by atoms with E-state index in [1.54, 1.807) is 0 Å². The summed E-state index contributed by atoms with van der Waals surface area (Å²) < 4.78 is 2.66. The van der Waals surface area contributed by atoms with Gasteiger partial charge in [-0.1, -0.05) is 37.0 Å². The van der Waals surface area contributed by atoms with E-state index in [4.69, 9.17) is 23.2 Å². The fourth-order valence-corrected chi connectivity index (χ4v) is 5.61. The van der Waals surface area contributed by atoms with Crippen LogP contribution in [0.5, 0.6) is 0 Å². The summed E-state index contributed by atoms with van der Waals surface area (Å²) in [6, 6.07) is 0. The third-order valence-electron chi connectivity index (χ3n) is 3.95. The van der Waals surface area contributed by atoms with Gasteiger partial charge in [0.25, 0.3) is 5.56 Å². The standard InChI is InChI=1S/C16H15Cl2N3O4S2.Na.H/c1-6(2)5-21-13-10(12(22)20(3)16(21)25)9(14(23)24)7(26-13)4-8-11(17)19-15(18)27-8;;/h6H,4-5H2,1-3H3,(H,23,24);;/q;+1;-1. The van der Waals surface area contributed by atoms with Crippen LogP contribution < -0.4 is 40.8 Å². The molecule has 0 radical (unpaired) electrons. The van der Waals surface area contributed by atoms with Gasteiger partial charge in [0.1, 0.15) is 9.98 Å². The number of halogens is 2. The third kappa shape index (κ3) is 4.26. The second-order valence-corrected chi connectivity index (χ2v) is 9.50. The molecule has 1 N–H and O–H groups in total. The molecule has 0 spiro atoms. The maximum absolute atomic E-state index is 12.7. The van der Waals surface area contributed by atoms with Crippen molar-refractivity contribution in [1.29, 1.82) is 0 Å². The van der Waals surface area contributed by atoms with E-state index in [9.17, 15) is 19.5 Å². The van der Waals surface area contributed by atoms with Crippen molar-refractivity contribution in [1.82, 2.24) is 14.1 Å². The van der Waals surface area contributed by atoms with Gasteiger partial charge in [0.2, 0.25) is 0 Å². The van der Waals surface area contributed by atoms with E-state index in [2.05, 4.69) is 4.98 Å². The molecule has 0 bridgehead atoms. The minimum atomic E-state index is -1.23. The molecular weight excluding hydrogens is 456 g/mol. The maximum Gasteiger partial charge on any atom is 1.00 e. The molecule has 0 aliphatic rings. The predicted octanol–water partition coefficient (Wildman–Crippen LogP) is 0.587. The molecular formula is C16H16Cl2N3NaO4S2. The Balaban J connectivity index is 0.00000210. The third-order valence-corrected chi connectivity index (χ3v) is 6.75. The van der Waals surface area contributed by atoms with Gasteiger partial charge >= 0.3 is 41.2 Å². The van der Waals surface area contributed by atoms with Gasteiger partial charge < -0.3 is 6.53 Å². The Morgan fingerprint density at radius 3 is 2.39 bits per heavy atom. The topological polar surface area (TPSA) is 94.2 Å². The number of carboxylic acid groups (broad SMARTS) is 1. The van der Waals surface area contributed by atoms with Gasteiger partial charge in [-0.2, -0.15) is 0 Å². The van der Waals surface area contributed by atoms with Crippen molar-refractivity contribution >= 4 is 62.1 Å². The Bertz CT molecular complexity index is 1190. The summed E-state index contributed by atoms with van der Waals surface area (Å²) in [7, 11) is 1.35. The number of hydrogen-bond acceptors (Lipinski definition) is 6. The van der Waals surface area contributed by atoms with Gasteiger partial charge in [-0.15, -0.1) is 22.7 Å². The van der Waals surface area contributed by atoms with Gasteiger partial charge in [-0.25, -0.2) is 14.6 Å². The first kappa shape index (κ1) is 23.6. The SMILES string of the molecule is CC(C)Cn1c(=O)n(C)c(=O)c2c(C(=O)O)c(Cc3sc(Cl)nc3Cl)sc21.[H-].[Na+]. The average Bonchev–Trinajstić information content (AvgIpc) is 3.09. The summed E-state index contributed by atoms with van der Waals surface area (Å²) >= 11 is 14.2. The van der Waals surface area contributed by atoms with Crippen LogP contribution in [0.25, 0.3) is 10.2 Å². The largest absolute Gasteiger partial charge is 1.00 e. The van der Waals surface area contributed by atoms with Crippen molar-refractivity contribution < 1.29 is 40.9 Å². The van der Waals surface area contributed by atoms with Gasteiger partial charge in [0.05, 0.1) is 15.8 Å². The number of thiophene rings is 1. The smallest absolute Gasteiger partial charge is 1.00 e. The van der Waals surface area contributed by atoms with E-state index in [-0.39, 0.29) is 63.9 Å². The summed E-state index contributed by atoms with van der Waals surface area (Å²) in [4.78, 5) is 42.5. The van der Waals surface area contributed by atoms with Crippen LogP contribution in [0, 0.1) is 5.92 Å². The Morgan fingerprint density at radius 2 is 1.89 bits per heavy atom. The van der Waals surface area contributed by atoms with Crippen LogP contribution in [0.2, 0.25) is 9.62 Å². The van der Waals surface area contributed by atoms with Gasteiger partial charge in [0, 0.05) is 24.9 Å². The number of aromatic nitrogens is 3. The number of rotatable bonds is 5. The number of thiazole rings is 1. The quantitative estimate of drug-likeness (QED) is 0.549. The van der Waals surface area contributed by atoms with E-state index >= 15 is 0 Å².